The molecule has 0 bridgehead atoms. The smallest absolute Gasteiger partial charge is 0.323 e. The van der Waals surface area contributed by atoms with Gasteiger partial charge in [0.1, 0.15) is 0 Å². The first-order valence-electron chi connectivity index (χ1n) is 4.59. The van der Waals surface area contributed by atoms with Gasteiger partial charge in [-0.15, -0.1) is 0 Å². The van der Waals surface area contributed by atoms with Crippen molar-refractivity contribution in [1.82, 2.24) is 0 Å². The molecule has 0 aromatic heterocycles. The molecule has 0 atom stereocenters. The van der Waals surface area contributed by atoms with Gasteiger partial charge in [0.05, 0.1) is 0 Å². The minimum Gasteiger partial charge on any atom is -0.422 e. The molecule has 0 N–H and O–H groups in total. The minimum atomic E-state index is -1.22. The summed E-state index contributed by atoms with van der Waals surface area (Å²) in [4.78, 5) is 22.8. The van der Waals surface area contributed by atoms with Gasteiger partial charge in [-0.2, -0.15) is 0 Å². The number of hydrogen-bond donors (Lipinski definition) is 0. The minimum absolute atomic E-state index is 0.689. The van der Waals surface area contributed by atoms with Gasteiger partial charge in [0.15, 0.2) is 5.92 Å². The molecule has 0 aromatic carbocycles. The average Bonchev–Trinajstić information content (AvgIpc) is 1.75. The van der Waals surface area contributed by atoms with Crippen molar-refractivity contribution in [1.29, 1.82) is 0 Å². The molecule has 0 unspecified atom stereocenters. The maximum Gasteiger partial charge on any atom is 0.323 e. The normalized spacial score (nSPS) is 24.8. The fraction of sp³-hybridized carbons (Fsp3) is 0.778. The maximum absolute atomic E-state index is 11.4. The summed E-state index contributed by atoms with van der Waals surface area (Å²) < 4.78 is 17.4. The zero-order chi connectivity index (χ0) is 11.1. The van der Waals surface area contributed by atoms with Crippen LogP contribution in [0.15, 0.2) is 0 Å². The lowest BCUT2D eigenvalue weighted by Crippen LogP contribution is -2.47. The summed E-state index contributed by atoms with van der Waals surface area (Å²) in [6.45, 7) is 5.91. The third kappa shape index (κ3) is 1.99. The molecule has 1 rings (SSSR count). The molecule has 0 radical (unpaired) electrons. The summed E-state index contributed by atoms with van der Waals surface area (Å²) in [5, 5.41) is 0. The molecule has 4 heteroatoms. The van der Waals surface area contributed by atoms with Crippen LogP contribution < -0.4 is 0 Å². The Labute approximate surface area is 78.6 Å². The van der Waals surface area contributed by atoms with Crippen molar-refractivity contribution in [2.24, 2.45) is 11.8 Å². The van der Waals surface area contributed by atoms with Crippen molar-refractivity contribution in [3.05, 3.63) is 0 Å². The van der Waals surface area contributed by atoms with Crippen LogP contribution in [0.1, 0.15) is 29.1 Å². The van der Waals surface area contributed by atoms with Crippen molar-refractivity contribution in [2.45, 2.75) is 33.5 Å². The van der Waals surface area contributed by atoms with E-state index in [0.717, 1.165) is 0 Å². The molecule has 1 fully saturated rings. The van der Waals surface area contributed by atoms with E-state index < -0.39 is 29.5 Å². The first kappa shape index (κ1) is 8.53. The van der Waals surface area contributed by atoms with Crippen LogP contribution in [0.2, 0.25) is 0 Å². The van der Waals surface area contributed by atoms with Crippen LogP contribution in [0.5, 0.6) is 0 Å². The molecule has 0 saturated carbocycles. The second-order valence-electron chi connectivity index (χ2n) is 3.75. The third-order valence-electron chi connectivity index (χ3n) is 1.74. The lowest BCUT2D eigenvalue weighted by Gasteiger charge is -2.34. The zero-order valence-electron chi connectivity index (χ0n) is 9.21. The van der Waals surface area contributed by atoms with E-state index in [1.54, 1.807) is 0 Å². The van der Waals surface area contributed by atoms with Gasteiger partial charge in [0, 0.05) is 15.2 Å². The van der Waals surface area contributed by atoms with Crippen molar-refractivity contribution in [2.75, 3.05) is 0 Å². The quantitative estimate of drug-likeness (QED) is 0.455. The van der Waals surface area contributed by atoms with Crippen LogP contribution in [0.3, 0.4) is 0 Å². The van der Waals surface area contributed by atoms with Crippen molar-refractivity contribution in [3.63, 3.8) is 0 Å². The predicted octanol–water partition coefficient (Wildman–Crippen LogP) is 1.09. The summed E-state index contributed by atoms with van der Waals surface area (Å²) in [5.41, 5.74) is 0. The van der Waals surface area contributed by atoms with Crippen molar-refractivity contribution < 1.29 is 20.4 Å². The van der Waals surface area contributed by atoms with Gasteiger partial charge in [0.2, 0.25) is 0 Å². The molecule has 74 valence electrons. The summed E-state index contributed by atoms with van der Waals surface area (Å²) in [6.07, 6.45) is 0. The Hall–Kier alpha value is -1.06. The van der Waals surface area contributed by atoms with E-state index in [1.165, 1.54) is 27.7 Å². The topological polar surface area (TPSA) is 52.6 Å². The number of cyclic esters (lactones) is 2. The fourth-order valence-corrected chi connectivity index (χ4v) is 1.19. The average molecular weight is 187 g/mol. The highest BCUT2D eigenvalue weighted by Gasteiger charge is 2.44. The Morgan fingerprint density at radius 1 is 1.31 bits per heavy atom. The molecular formula is C9H14O4. The lowest BCUT2D eigenvalue weighted by atomic mass is 9.95. The second kappa shape index (κ2) is 3.01. The van der Waals surface area contributed by atoms with Crippen LogP contribution in [0.25, 0.3) is 0 Å². The molecule has 0 amide bonds. The summed E-state index contributed by atoms with van der Waals surface area (Å²) in [5.74, 6) is -4.96. The van der Waals surface area contributed by atoms with E-state index in [0.29, 0.717) is 0 Å². The Bertz CT molecular complexity index is 257. The van der Waals surface area contributed by atoms with E-state index in [4.69, 9.17) is 10.8 Å². The second-order valence-corrected chi connectivity index (χ2v) is 3.75. The number of esters is 2. The summed E-state index contributed by atoms with van der Waals surface area (Å²) in [7, 11) is 0. The lowest BCUT2D eigenvalue weighted by molar-refractivity contribution is -0.242. The molecule has 0 aliphatic carbocycles. The SMILES string of the molecule is [2H]C(C)(C)C1C(=O)OC(C)(C)OC1=O. The van der Waals surface area contributed by atoms with Crippen LogP contribution in [0, 0.1) is 11.8 Å². The zero-order valence-corrected chi connectivity index (χ0v) is 8.21. The monoisotopic (exact) mass is 187 g/mol. The van der Waals surface area contributed by atoms with Crippen molar-refractivity contribution >= 4 is 11.9 Å². The van der Waals surface area contributed by atoms with Gasteiger partial charge < -0.3 is 9.47 Å². The highest BCUT2D eigenvalue weighted by atomic mass is 16.7. The standard InChI is InChI=1S/C9H14O4/c1-5(2)6-7(10)12-9(3,4)13-8(6)11/h5-6H,1-4H3/i5D. The number of hydrogen-bond acceptors (Lipinski definition) is 4. The first-order chi connectivity index (χ1) is 6.13. The Morgan fingerprint density at radius 2 is 1.69 bits per heavy atom. The number of carbonyl (C=O) groups is 2. The van der Waals surface area contributed by atoms with E-state index >= 15 is 0 Å². The Morgan fingerprint density at radius 3 is 2.00 bits per heavy atom. The van der Waals surface area contributed by atoms with Gasteiger partial charge in [-0.1, -0.05) is 13.8 Å². The van der Waals surface area contributed by atoms with Crippen LogP contribution in [-0.2, 0) is 19.1 Å². The molecule has 1 saturated heterocycles. The molecule has 0 spiro atoms. The third-order valence-corrected chi connectivity index (χ3v) is 1.74. The van der Waals surface area contributed by atoms with Crippen molar-refractivity contribution in [3.8, 4) is 0 Å². The van der Waals surface area contributed by atoms with Crippen LogP contribution in [-0.4, -0.2) is 17.7 Å². The molecule has 13 heavy (non-hydrogen) atoms. The van der Waals surface area contributed by atoms with E-state index in [-0.39, 0.29) is 0 Å². The van der Waals surface area contributed by atoms with Gasteiger partial charge in [-0.25, -0.2) is 0 Å². The largest absolute Gasteiger partial charge is 0.422 e. The van der Waals surface area contributed by atoms with Crippen LogP contribution in [0.4, 0.5) is 0 Å². The van der Waals surface area contributed by atoms with Gasteiger partial charge in [-0.05, 0) is 5.89 Å². The van der Waals surface area contributed by atoms with E-state index in [1.807, 2.05) is 0 Å². The molecule has 1 heterocycles. The molecule has 1 aliphatic heterocycles. The van der Waals surface area contributed by atoms with Gasteiger partial charge >= 0.3 is 11.9 Å². The Balaban J connectivity index is 2.93. The van der Waals surface area contributed by atoms with Crippen LogP contribution >= 0.6 is 0 Å². The molecule has 0 aromatic rings. The predicted molar refractivity (Wildman–Crippen MR) is 44.6 cm³/mol. The van der Waals surface area contributed by atoms with Gasteiger partial charge in [0.25, 0.3) is 5.79 Å². The fourth-order valence-electron chi connectivity index (χ4n) is 1.19. The Kier molecular flexibility index (Phi) is 1.98. The van der Waals surface area contributed by atoms with E-state index in [9.17, 15) is 9.59 Å². The highest BCUT2D eigenvalue weighted by molar-refractivity contribution is 5.96. The maximum atomic E-state index is 11.4. The van der Waals surface area contributed by atoms with E-state index in [2.05, 4.69) is 0 Å². The first-order valence-corrected chi connectivity index (χ1v) is 4.09. The molecular weight excluding hydrogens is 172 g/mol. The van der Waals surface area contributed by atoms with Gasteiger partial charge in [-0.3, -0.25) is 9.59 Å². The highest BCUT2D eigenvalue weighted by Crippen LogP contribution is 2.27. The number of ether oxygens (including phenoxy) is 2. The summed E-state index contributed by atoms with van der Waals surface area (Å²) in [6, 6.07) is 0. The number of carbonyl (C=O) groups excluding carboxylic acids is 2. The number of rotatable bonds is 1. The molecule has 4 nitrogen and oxygen atoms in total. The molecule has 1 aliphatic rings. The summed E-state index contributed by atoms with van der Waals surface area (Å²) >= 11 is 0.